The number of hydrogen-bond acceptors (Lipinski definition) is 5. The van der Waals surface area contributed by atoms with Gasteiger partial charge >= 0.3 is 0 Å². The third-order valence-corrected chi connectivity index (χ3v) is 4.18. The van der Waals surface area contributed by atoms with Crippen LogP contribution in [-0.4, -0.2) is 30.9 Å². The van der Waals surface area contributed by atoms with Gasteiger partial charge in [0.25, 0.3) is 5.56 Å². The van der Waals surface area contributed by atoms with Gasteiger partial charge in [-0.2, -0.15) is 5.10 Å². The minimum atomic E-state index is -1.13. The zero-order valence-corrected chi connectivity index (χ0v) is 12.5. The fraction of sp³-hybridized carbons (Fsp3) is 0.545. The summed E-state index contributed by atoms with van der Waals surface area (Å²) in [6.45, 7) is 7.48. The van der Waals surface area contributed by atoms with Crippen molar-refractivity contribution in [3.05, 3.63) is 22.6 Å². The number of nitrogens with zero attached hydrogens (tertiary/aromatic N) is 3. The van der Waals surface area contributed by atoms with Crippen molar-refractivity contribution in [2.75, 3.05) is 11.6 Å². The molecule has 7 nitrogen and oxygen atoms in total. The summed E-state index contributed by atoms with van der Waals surface area (Å²) in [6.07, 6.45) is 1.75. The topological polar surface area (TPSA) is 90.4 Å². The third kappa shape index (κ3) is 5.33. The van der Waals surface area contributed by atoms with Crippen LogP contribution in [0, 0.1) is 0 Å². The molecule has 2 N–H and O–H groups in total. The molecule has 0 unspecified atom stereocenters. The summed E-state index contributed by atoms with van der Waals surface area (Å²) in [5.41, 5.74) is -0.110. The molecule has 0 saturated carbocycles. The van der Waals surface area contributed by atoms with Crippen molar-refractivity contribution in [3.8, 4) is 0 Å². The van der Waals surface area contributed by atoms with Crippen LogP contribution in [0.15, 0.2) is 17.1 Å². The molecule has 0 bridgehead atoms. The molecule has 0 aliphatic heterocycles. The number of nitrogens with two attached hydrogens (primary N) is 1. The van der Waals surface area contributed by atoms with E-state index < -0.39 is 8.07 Å². The number of carbonyl (C=O) groups is 1. The Morgan fingerprint density at radius 1 is 1.53 bits per heavy atom. The summed E-state index contributed by atoms with van der Waals surface area (Å²) >= 11 is 0. The van der Waals surface area contributed by atoms with E-state index in [1.54, 1.807) is 0 Å². The van der Waals surface area contributed by atoms with Crippen LogP contribution in [0.2, 0.25) is 25.7 Å². The van der Waals surface area contributed by atoms with Gasteiger partial charge in [-0.25, -0.2) is 15.5 Å². The number of hydrazine groups is 1. The number of anilines is 1. The second kappa shape index (κ2) is 6.59. The Labute approximate surface area is 112 Å². The molecule has 0 radical (unpaired) electrons. The Hall–Kier alpha value is -1.51. The first-order valence-electron chi connectivity index (χ1n) is 5.97. The Balaban J connectivity index is 2.56. The van der Waals surface area contributed by atoms with Gasteiger partial charge in [-0.15, -0.1) is 0 Å². The minimum Gasteiger partial charge on any atom is -0.359 e. The average molecular weight is 284 g/mol. The van der Waals surface area contributed by atoms with Gasteiger partial charge in [-0.3, -0.25) is 9.59 Å². The van der Waals surface area contributed by atoms with Crippen LogP contribution in [-0.2, 0) is 16.3 Å². The van der Waals surface area contributed by atoms with Crippen molar-refractivity contribution in [2.24, 2.45) is 5.84 Å². The maximum Gasteiger partial charge on any atom is 0.271 e. The van der Waals surface area contributed by atoms with Crippen molar-refractivity contribution in [3.63, 3.8) is 0 Å². The lowest BCUT2D eigenvalue weighted by atomic mass is 10.4. The lowest BCUT2D eigenvalue weighted by molar-refractivity contribution is -0.107. The second-order valence-corrected chi connectivity index (χ2v) is 11.0. The maximum absolute atomic E-state index is 11.7. The molecular formula is C11H20N4O3Si. The third-order valence-electron chi connectivity index (χ3n) is 2.48. The molecule has 19 heavy (non-hydrogen) atoms. The molecule has 0 atom stereocenters. The number of hydrogen-bond donors (Lipinski definition) is 1. The molecule has 1 rings (SSSR count). The van der Waals surface area contributed by atoms with Gasteiger partial charge in [-0.1, -0.05) is 19.6 Å². The summed E-state index contributed by atoms with van der Waals surface area (Å²) < 4.78 is 6.61. The second-order valence-electron chi connectivity index (χ2n) is 5.41. The highest BCUT2D eigenvalue weighted by Crippen LogP contribution is 2.07. The van der Waals surface area contributed by atoms with Crippen LogP contribution in [0.4, 0.5) is 5.69 Å². The largest absolute Gasteiger partial charge is 0.359 e. The Morgan fingerprint density at radius 3 is 2.74 bits per heavy atom. The molecule has 1 amide bonds. The van der Waals surface area contributed by atoms with E-state index in [1.807, 2.05) is 0 Å². The first kappa shape index (κ1) is 15.5. The van der Waals surface area contributed by atoms with E-state index in [2.05, 4.69) is 24.7 Å². The summed E-state index contributed by atoms with van der Waals surface area (Å²) in [5, 5.41) is 4.69. The van der Waals surface area contributed by atoms with Gasteiger partial charge in [0.05, 0.1) is 11.9 Å². The number of rotatable bonds is 7. The van der Waals surface area contributed by atoms with Gasteiger partial charge in [0.1, 0.15) is 6.73 Å². The molecule has 8 heteroatoms. The molecule has 0 fully saturated rings. The molecular weight excluding hydrogens is 264 g/mol. The molecule has 1 heterocycles. The summed E-state index contributed by atoms with van der Waals surface area (Å²) in [5.74, 6) is 5.33. The highest BCUT2D eigenvalue weighted by atomic mass is 28.3. The number of amides is 1. The van der Waals surface area contributed by atoms with Crippen molar-refractivity contribution < 1.29 is 9.53 Å². The highest BCUT2D eigenvalue weighted by Gasteiger charge is 2.12. The minimum absolute atomic E-state index is 0.106. The number of ether oxygens (including phenoxy) is 1. The molecule has 0 aromatic carbocycles. The van der Waals surface area contributed by atoms with E-state index in [4.69, 9.17) is 10.6 Å². The number of carbonyl (C=O) groups excluding carboxylic acids is 1. The summed E-state index contributed by atoms with van der Waals surface area (Å²) in [6, 6.07) is 2.27. The molecule has 106 valence electrons. The van der Waals surface area contributed by atoms with Gasteiger partial charge in [0.15, 0.2) is 0 Å². The Kier molecular flexibility index (Phi) is 5.40. The van der Waals surface area contributed by atoms with Crippen LogP contribution in [0.25, 0.3) is 0 Å². The molecule has 0 spiro atoms. The van der Waals surface area contributed by atoms with E-state index in [0.717, 1.165) is 11.1 Å². The average Bonchev–Trinajstić information content (AvgIpc) is 2.33. The van der Waals surface area contributed by atoms with E-state index in [-0.39, 0.29) is 18.0 Å². The normalized spacial score (nSPS) is 11.4. The van der Waals surface area contributed by atoms with E-state index >= 15 is 0 Å². The molecule has 0 aliphatic rings. The maximum atomic E-state index is 11.7. The van der Waals surface area contributed by atoms with Crippen molar-refractivity contribution in [1.82, 2.24) is 9.78 Å². The van der Waals surface area contributed by atoms with Crippen LogP contribution < -0.4 is 16.4 Å². The van der Waals surface area contributed by atoms with Crippen LogP contribution >= 0.6 is 0 Å². The number of aromatic nitrogens is 2. The van der Waals surface area contributed by atoms with Crippen LogP contribution in [0.1, 0.15) is 0 Å². The van der Waals surface area contributed by atoms with Crippen molar-refractivity contribution in [1.29, 1.82) is 0 Å². The first-order valence-corrected chi connectivity index (χ1v) is 9.68. The van der Waals surface area contributed by atoms with Gasteiger partial charge in [0.2, 0.25) is 6.41 Å². The molecule has 1 aromatic rings. The monoisotopic (exact) mass is 284 g/mol. The lowest BCUT2D eigenvalue weighted by Gasteiger charge is -2.15. The summed E-state index contributed by atoms with van der Waals surface area (Å²) in [7, 11) is -1.13. The molecule has 0 aliphatic carbocycles. The quantitative estimate of drug-likeness (QED) is 0.195. The van der Waals surface area contributed by atoms with Gasteiger partial charge < -0.3 is 4.74 Å². The summed E-state index contributed by atoms with van der Waals surface area (Å²) in [4.78, 5) is 22.1. The zero-order chi connectivity index (χ0) is 14.5. The SMILES string of the molecule is C[Si](C)(C)CCOCn1ncc(N(N)C=O)cc1=O. The van der Waals surface area contributed by atoms with E-state index in [9.17, 15) is 9.59 Å². The van der Waals surface area contributed by atoms with E-state index in [1.165, 1.54) is 16.9 Å². The predicted octanol–water partition coefficient (Wildman–Crippen LogP) is 0.392. The van der Waals surface area contributed by atoms with Crippen LogP contribution in [0.3, 0.4) is 0 Å². The fourth-order valence-electron chi connectivity index (χ4n) is 1.25. The van der Waals surface area contributed by atoms with Crippen LogP contribution in [0.5, 0.6) is 0 Å². The fourth-order valence-corrected chi connectivity index (χ4v) is 2.01. The van der Waals surface area contributed by atoms with Crippen molar-refractivity contribution >= 4 is 20.2 Å². The predicted molar refractivity (Wildman–Crippen MR) is 75.3 cm³/mol. The smallest absolute Gasteiger partial charge is 0.271 e. The lowest BCUT2D eigenvalue weighted by Crippen LogP contribution is -2.32. The molecule has 1 aromatic heterocycles. The van der Waals surface area contributed by atoms with Gasteiger partial charge in [0, 0.05) is 20.7 Å². The Morgan fingerprint density at radius 2 is 2.21 bits per heavy atom. The first-order chi connectivity index (χ1) is 8.83. The molecule has 0 saturated heterocycles. The Bertz CT molecular complexity index is 484. The van der Waals surface area contributed by atoms with E-state index in [0.29, 0.717) is 13.0 Å². The standard InChI is InChI=1S/C11H20N4O3Si/c1-19(2,3)5-4-18-9-15-11(17)6-10(7-13-15)14(12)8-16/h6-8H,4-5,9,12H2,1-3H3. The zero-order valence-electron chi connectivity index (χ0n) is 11.5. The van der Waals surface area contributed by atoms with Gasteiger partial charge in [-0.05, 0) is 6.04 Å². The highest BCUT2D eigenvalue weighted by molar-refractivity contribution is 6.76. The van der Waals surface area contributed by atoms with Crippen molar-refractivity contribution in [2.45, 2.75) is 32.4 Å².